The summed E-state index contributed by atoms with van der Waals surface area (Å²) < 4.78 is 25.3. The molecule has 0 saturated heterocycles. The zero-order valence-electron chi connectivity index (χ0n) is 8.47. The normalized spacial score (nSPS) is 9.60. The Bertz CT molecular complexity index is 409. The molecular weight excluding hydrogens is 200 g/mol. The van der Waals surface area contributed by atoms with Crippen LogP contribution in [0.25, 0.3) is 0 Å². The topological polar surface area (TPSA) is 29.1 Å². The van der Waals surface area contributed by atoms with Crippen LogP contribution in [-0.4, -0.2) is 5.91 Å². The van der Waals surface area contributed by atoms with Crippen LogP contribution in [0.1, 0.15) is 13.8 Å². The van der Waals surface area contributed by atoms with Gasteiger partial charge < -0.3 is 5.32 Å². The van der Waals surface area contributed by atoms with E-state index in [0.717, 1.165) is 17.7 Å². The molecule has 1 aromatic rings. The number of anilines is 1. The largest absolute Gasteiger partial charge is 0.322 e. The number of allylic oxidation sites excluding steroid dienone is 1. The Labute approximate surface area is 86.6 Å². The summed E-state index contributed by atoms with van der Waals surface area (Å²) in [6.45, 7) is 3.54. The molecule has 1 amide bonds. The highest BCUT2D eigenvalue weighted by atomic mass is 19.2. The van der Waals surface area contributed by atoms with Gasteiger partial charge in [-0.25, -0.2) is 8.78 Å². The zero-order valence-corrected chi connectivity index (χ0v) is 8.47. The summed E-state index contributed by atoms with van der Waals surface area (Å²) in [5.74, 6) is -2.28. The zero-order chi connectivity index (χ0) is 11.4. The van der Waals surface area contributed by atoms with Gasteiger partial charge in [-0.1, -0.05) is 5.57 Å². The molecule has 0 aliphatic heterocycles. The molecule has 0 aliphatic carbocycles. The molecule has 0 radical (unpaired) electrons. The number of nitrogens with one attached hydrogen (secondary N) is 1. The lowest BCUT2D eigenvalue weighted by Gasteiger charge is -2.02. The Morgan fingerprint density at radius 2 is 1.93 bits per heavy atom. The molecule has 0 unspecified atom stereocenters. The average molecular weight is 211 g/mol. The van der Waals surface area contributed by atoms with Crippen LogP contribution in [0, 0.1) is 11.6 Å². The summed E-state index contributed by atoms with van der Waals surface area (Å²) >= 11 is 0. The van der Waals surface area contributed by atoms with Gasteiger partial charge in [0.1, 0.15) is 0 Å². The lowest BCUT2D eigenvalue weighted by Crippen LogP contribution is -2.08. The highest BCUT2D eigenvalue weighted by Crippen LogP contribution is 2.13. The predicted octanol–water partition coefficient (Wildman–Crippen LogP) is 2.87. The van der Waals surface area contributed by atoms with E-state index in [0.29, 0.717) is 0 Å². The summed E-state index contributed by atoms with van der Waals surface area (Å²) in [5, 5.41) is 2.42. The summed E-state index contributed by atoms with van der Waals surface area (Å²) in [6.07, 6.45) is 1.38. The van der Waals surface area contributed by atoms with Gasteiger partial charge in [0.05, 0.1) is 0 Å². The average Bonchev–Trinajstić information content (AvgIpc) is 2.10. The molecule has 0 atom stereocenters. The van der Waals surface area contributed by atoms with Crippen molar-refractivity contribution in [3.63, 3.8) is 0 Å². The number of carbonyl (C=O) groups excluding carboxylic acids is 1. The highest BCUT2D eigenvalue weighted by Gasteiger charge is 2.03. The maximum absolute atomic E-state index is 12.8. The predicted molar refractivity (Wildman–Crippen MR) is 54.4 cm³/mol. The Kier molecular flexibility index (Phi) is 3.55. The Morgan fingerprint density at radius 1 is 1.27 bits per heavy atom. The van der Waals surface area contributed by atoms with Gasteiger partial charge in [-0.2, -0.15) is 0 Å². The molecule has 1 N–H and O–H groups in total. The Hall–Kier alpha value is -1.71. The van der Waals surface area contributed by atoms with Gasteiger partial charge in [0.25, 0.3) is 0 Å². The van der Waals surface area contributed by atoms with Gasteiger partial charge in [-0.15, -0.1) is 0 Å². The molecule has 1 aromatic carbocycles. The van der Waals surface area contributed by atoms with Crippen LogP contribution in [0.5, 0.6) is 0 Å². The van der Waals surface area contributed by atoms with Crippen molar-refractivity contribution in [3.8, 4) is 0 Å². The maximum atomic E-state index is 12.8. The number of hydrogen-bond donors (Lipinski definition) is 1. The molecule has 0 aliphatic rings. The quantitative estimate of drug-likeness (QED) is 0.749. The van der Waals surface area contributed by atoms with E-state index < -0.39 is 11.6 Å². The SMILES string of the molecule is CC(C)=CC(=O)Nc1ccc(F)c(F)c1. The molecule has 4 heteroatoms. The smallest absolute Gasteiger partial charge is 0.248 e. The van der Waals surface area contributed by atoms with Crippen LogP contribution >= 0.6 is 0 Å². The van der Waals surface area contributed by atoms with E-state index in [1.807, 2.05) is 0 Å². The first-order valence-electron chi connectivity index (χ1n) is 4.40. The maximum Gasteiger partial charge on any atom is 0.248 e. The van der Waals surface area contributed by atoms with Gasteiger partial charge in [0.2, 0.25) is 5.91 Å². The molecule has 1 rings (SSSR count). The third kappa shape index (κ3) is 3.50. The number of hydrogen-bond acceptors (Lipinski definition) is 1. The van der Waals surface area contributed by atoms with Crippen LogP contribution in [0.2, 0.25) is 0 Å². The summed E-state index contributed by atoms with van der Waals surface area (Å²) in [5.41, 5.74) is 1.06. The number of amides is 1. The van der Waals surface area contributed by atoms with Crippen molar-refractivity contribution >= 4 is 11.6 Å². The van der Waals surface area contributed by atoms with Crippen molar-refractivity contribution < 1.29 is 13.6 Å². The van der Waals surface area contributed by atoms with Gasteiger partial charge >= 0.3 is 0 Å². The van der Waals surface area contributed by atoms with Crippen LogP contribution in [0.15, 0.2) is 29.8 Å². The van der Waals surface area contributed by atoms with E-state index in [1.54, 1.807) is 13.8 Å². The molecule has 0 heterocycles. The van der Waals surface area contributed by atoms with Crippen molar-refractivity contribution in [2.24, 2.45) is 0 Å². The fourth-order valence-electron chi connectivity index (χ4n) is 1.01. The second-order valence-electron chi connectivity index (χ2n) is 3.34. The summed E-state index contributed by atoms with van der Waals surface area (Å²) in [6, 6.07) is 3.20. The van der Waals surface area contributed by atoms with Gasteiger partial charge in [0, 0.05) is 17.8 Å². The molecule has 0 spiro atoms. The number of rotatable bonds is 2. The van der Waals surface area contributed by atoms with Crippen molar-refractivity contribution in [3.05, 3.63) is 41.5 Å². The number of carbonyl (C=O) groups is 1. The van der Waals surface area contributed by atoms with Crippen molar-refractivity contribution in [2.75, 3.05) is 5.32 Å². The molecule has 2 nitrogen and oxygen atoms in total. The second-order valence-corrected chi connectivity index (χ2v) is 3.34. The van der Waals surface area contributed by atoms with E-state index >= 15 is 0 Å². The highest BCUT2D eigenvalue weighted by molar-refractivity contribution is 5.99. The van der Waals surface area contributed by atoms with Crippen molar-refractivity contribution in [1.82, 2.24) is 0 Å². The van der Waals surface area contributed by atoms with E-state index in [9.17, 15) is 13.6 Å². The van der Waals surface area contributed by atoms with Crippen LogP contribution in [-0.2, 0) is 4.79 Å². The number of halogens is 2. The van der Waals surface area contributed by atoms with Crippen molar-refractivity contribution in [1.29, 1.82) is 0 Å². The first kappa shape index (κ1) is 11.4. The third-order valence-corrected chi connectivity index (χ3v) is 1.61. The molecule has 0 bridgehead atoms. The minimum Gasteiger partial charge on any atom is -0.322 e. The molecule has 15 heavy (non-hydrogen) atoms. The standard InChI is InChI=1S/C11H11F2NO/c1-7(2)5-11(15)14-8-3-4-9(12)10(13)6-8/h3-6H,1-2H3,(H,14,15). The van der Waals surface area contributed by atoms with Crippen molar-refractivity contribution in [2.45, 2.75) is 13.8 Å². The molecule has 0 saturated carbocycles. The minimum atomic E-state index is -0.981. The first-order valence-corrected chi connectivity index (χ1v) is 4.40. The Balaban J connectivity index is 2.78. The van der Waals surface area contributed by atoms with Crippen LogP contribution < -0.4 is 5.32 Å². The Morgan fingerprint density at radius 3 is 2.47 bits per heavy atom. The molecule has 0 aromatic heterocycles. The lowest BCUT2D eigenvalue weighted by molar-refractivity contribution is -0.111. The third-order valence-electron chi connectivity index (χ3n) is 1.61. The molecular formula is C11H11F2NO. The molecule has 0 fully saturated rings. The van der Waals surface area contributed by atoms with Gasteiger partial charge in [0.15, 0.2) is 11.6 Å². The van der Waals surface area contributed by atoms with E-state index in [1.165, 1.54) is 12.1 Å². The van der Waals surface area contributed by atoms with E-state index in [2.05, 4.69) is 5.32 Å². The summed E-state index contributed by atoms with van der Waals surface area (Å²) in [7, 11) is 0. The lowest BCUT2D eigenvalue weighted by atomic mass is 10.2. The van der Waals surface area contributed by atoms with Crippen LogP contribution in [0.3, 0.4) is 0 Å². The molecule has 80 valence electrons. The number of benzene rings is 1. The van der Waals surface area contributed by atoms with Gasteiger partial charge in [-0.05, 0) is 26.0 Å². The van der Waals surface area contributed by atoms with Crippen LogP contribution in [0.4, 0.5) is 14.5 Å². The summed E-state index contributed by atoms with van der Waals surface area (Å²) in [4.78, 5) is 11.2. The monoisotopic (exact) mass is 211 g/mol. The fourth-order valence-corrected chi connectivity index (χ4v) is 1.01. The second kappa shape index (κ2) is 4.68. The van der Waals surface area contributed by atoms with E-state index in [4.69, 9.17) is 0 Å². The van der Waals surface area contributed by atoms with E-state index in [-0.39, 0.29) is 11.6 Å². The van der Waals surface area contributed by atoms with Gasteiger partial charge in [-0.3, -0.25) is 4.79 Å². The fraction of sp³-hybridized carbons (Fsp3) is 0.182. The minimum absolute atomic E-state index is 0.233. The first-order chi connectivity index (χ1) is 6.99.